The van der Waals surface area contributed by atoms with Gasteiger partial charge in [0.1, 0.15) is 24.2 Å². The fourth-order valence-electron chi connectivity index (χ4n) is 5.33. The number of guanidine groups is 1. The zero-order valence-electron chi connectivity index (χ0n) is 27.6. The molecule has 0 saturated carbocycles. The molecule has 278 valence electrons. The van der Waals surface area contributed by atoms with Gasteiger partial charge in [-0.05, 0) is 43.9 Å². The average Bonchev–Trinajstić information content (AvgIpc) is 3.77. The average molecular weight is 717 g/mol. The van der Waals surface area contributed by atoms with Crippen molar-refractivity contribution in [3.63, 3.8) is 0 Å². The molecule has 20 nitrogen and oxygen atoms in total. The number of carbonyl (C=O) groups is 7. The zero-order valence-corrected chi connectivity index (χ0v) is 27.6. The molecule has 51 heavy (non-hydrogen) atoms. The fourth-order valence-corrected chi connectivity index (χ4v) is 5.33. The van der Waals surface area contributed by atoms with Crippen LogP contribution in [0.15, 0.2) is 35.5 Å². The summed E-state index contributed by atoms with van der Waals surface area (Å²) in [6.07, 6.45) is 2.00. The number of amides is 5. The summed E-state index contributed by atoms with van der Waals surface area (Å²) in [6.45, 7) is -0.837. The van der Waals surface area contributed by atoms with Crippen LogP contribution in [0.25, 0.3) is 10.9 Å². The van der Waals surface area contributed by atoms with E-state index in [2.05, 4.69) is 41.9 Å². The minimum atomic E-state index is -1.71. The van der Waals surface area contributed by atoms with E-state index in [1.165, 1.54) is 0 Å². The highest BCUT2D eigenvalue weighted by Gasteiger charge is 2.31. The predicted molar refractivity (Wildman–Crippen MR) is 181 cm³/mol. The molecule has 5 atom stereocenters. The molecule has 0 radical (unpaired) electrons. The summed E-state index contributed by atoms with van der Waals surface area (Å²) in [4.78, 5) is 94.8. The van der Waals surface area contributed by atoms with Gasteiger partial charge < -0.3 is 63.7 Å². The number of aliphatic hydroxyl groups excluding tert-OH is 1. The van der Waals surface area contributed by atoms with Crippen LogP contribution in [-0.2, 0) is 40.0 Å². The summed E-state index contributed by atoms with van der Waals surface area (Å²) >= 11 is 0. The number of carbonyl (C=O) groups excluding carboxylic acids is 5. The molecule has 0 unspecified atom stereocenters. The second kappa shape index (κ2) is 19.4. The van der Waals surface area contributed by atoms with Crippen molar-refractivity contribution in [1.29, 1.82) is 0 Å². The maximum Gasteiger partial charge on any atom is 0.326 e. The quantitative estimate of drug-likeness (QED) is 0.0355. The lowest BCUT2D eigenvalue weighted by Gasteiger charge is -2.23. The molecule has 0 aliphatic carbocycles. The molecular formula is C31H44N10O10. The first-order valence-corrected chi connectivity index (χ1v) is 16.2. The number of aliphatic imine (C=N–C) groups is 1. The van der Waals surface area contributed by atoms with E-state index in [1.807, 2.05) is 0 Å². The van der Waals surface area contributed by atoms with Gasteiger partial charge in [0.05, 0.1) is 25.6 Å². The number of aromatic amines is 1. The van der Waals surface area contributed by atoms with Crippen LogP contribution in [0.4, 0.5) is 0 Å². The number of nitrogens with two attached hydrogens (primary N) is 2. The number of aliphatic hydroxyl groups is 1. The molecule has 14 N–H and O–H groups in total. The Morgan fingerprint density at radius 2 is 1.61 bits per heavy atom. The van der Waals surface area contributed by atoms with Gasteiger partial charge in [0.15, 0.2) is 5.96 Å². The number of carboxylic acid groups (broad SMARTS) is 2. The molecule has 1 saturated heterocycles. The van der Waals surface area contributed by atoms with Crippen molar-refractivity contribution in [2.24, 2.45) is 16.5 Å². The summed E-state index contributed by atoms with van der Waals surface area (Å²) in [5.74, 6) is -7.40. The van der Waals surface area contributed by atoms with E-state index < -0.39 is 91.3 Å². The van der Waals surface area contributed by atoms with E-state index in [0.717, 1.165) is 17.3 Å². The largest absolute Gasteiger partial charge is 0.481 e. The van der Waals surface area contributed by atoms with Crippen LogP contribution in [0.5, 0.6) is 0 Å². The highest BCUT2D eigenvalue weighted by Crippen LogP contribution is 2.19. The van der Waals surface area contributed by atoms with Crippen LogP contribution in [0.2, 0.25) is 0 Å². The summed E-state index contributed by atoms with van der Waals surface area (Å²) < 4.78 is 0. The predicted octanol–water partition coefficient (Wildman–Crippen LogP) is -3.88. The number of rotatable bonds is 20. The van der Waals surface area contributed by atoms with E-state index in [9.17, 15) is 48.9 Å². The molecule has 0 spiro atoms. The second-order valence-corrected chi connectivity index (χ2v) is 11.8. The van der Waals surface area contributed by atoms with Crippen molar-refractivity contribution in [2.45, 2.75) is 68.7 Å². The maximum atomic E-state index is 13.1. The topological polar surface area (TPSA) is 333 Å². The standard InChI is InChI=1S/C31H44N10O10/c32-31(33)35-10-4-8-20(39-29(49)23(15-42)41-27(47)19-7-3-9-34-19)26(46)37-14-24(43)38-21(12-25(44)45)28(48)40-22(30(50)51)11-16-13-36-18-6-2-1-5-17(16)18/h1-2,5-6,13,19-23,34,36,42H,3-4,7-12,14-15H2,(H,37,46)(H,38,43)(H,39,49)(H,40,48)(H,41,47)(H,44,45)(H,50,51)(H4,32,33,35)/t19-,20+,21+,22+,23+/m1/s1. The van der Waals surface area contributed by atoms with Gasteiger partial charge in [-0.15, -0.1) is 0 Å². The van der Waals surface area contributed by atoms with Crippen molar-refractivity contribution in [2.75, 3.05) is 26.2 Å². The lowest BCUT2D eigenvalue weighted by Crippen LogP contribution is -2.57. The van der Waals surface area contributed by atoms with Crippen LogP contribution in [0.1, 0.15) is 37.7 Å². The van der Waals surface area contributed by atoms with Gasteiger partial charge in [0.25, 0.3) is 0 Å². The molecule has 1 aliphatic rings. The summed E-state index contributed by atoms with van der Waals surface area (Å²) in [5, 5.41) is 44.3. The highest BCUT2D eigenvalue weighted by molar-refractivity contribution is 5.96. The third-order valence-corrected chi connectivity index (χ3v) is 7.94. The number of hydrogen-bond acceptors (Lipinski definition) is 10. The van der Waals surface area contributed by atoms with Crippen molar-refractivity contribution in [3.05, 3.63) is 36.0 Å². The first-order valence-electron chi connectivity index (χ1n) is 16.2. The highest BCUT2D eigenvalue weighted by atomic mass is 16.4. The number of para-hydroxylation sites is 1. The van der Waals surface area contributed by atoms with E-state index in [4.69, 9.17) is 11.5 Å². The Balaban J connectivity index is 1.63. The van der Waals surface area contributed by atoms with Crippen LogP contribution < -0.4 is 43.4 Å². The lowest BCUT2D eigenvalue weighted by atomic mass is 10.0. The molecule has 20 heteroatoms. The number of carboxylic acids is 2. The third-order valence-electron chi connectivity index (χ3n) is 7.94. The molecule has 1 aromatic heterocycles. The van der Waals surface area contributed by atoms with Gasteiger partial charge in [-0.2, -0.15) is 0 Å². The van der Waals surface area contributed by atoms with Crippen molar-refractivity contribution >= 4 is 58.3 Å². The van der Waals surface area contributed by atoms with Gasteiger partial charge in [0.2, 0.25) is 29.5 Å². The molecule has 2 aromatic rings. The number of H-pyrrole nitrogens is 1. The molecular weight excluding hydrogens is 672 g/mol. The zero-order chi connectivity index (χ0) is 37.5. The third kappa shape index (κ3) is 12.6. The Labute approximate surface area is 291 Å². The summed E-state index contributed by atoms with van der Waals surface area (Å²) in [6, 6.07) is 0.683. The summed E-state index contributed by atoms with van der Waals surface area (Å²) in [5.41, 5.74) is 12.0. The van der Waals surface area contributed by atoms with Crippen molar-refractivity contribution < 1.29 is 48.9 Å². The van der Waals surface area contributed by atoms with E-state index in [-0.39, 0.29) is 31.8 Å². The number of nitrogens with zero attached hydrogens (tertiary/aromatic N) is 1. The SMILES string of the molecule is NC(N)=NCCC[C@H](NC(=O)[C@H](CO)NC(=O)[C@H]1CCCN1)C(=O)NCC(=O)N[C@@H](CC(=O)O)C(=O)N[C@@H](Cc1c[nH]c2ccccc12)C(=O)O. The number of nitrogens with one attached hydrogen (secondary N) is 7. The number of aromatic nitrogens is 1. The normalized spacial score (nSPS) is 16.1. The molecule has 1 fully saturated rings. The number of fused-ring (bicyclic) bond motifs is 1. The number of aliphatic carboxylic acids is 2. The lowest BCUT2D eigenvalue weighted by molar-refractivity contribution is -0.143. The van der Waals surface area contributed by atoms with Crippen LogP contribution >= 0.6 is 0 Å². The fraction of sp³-hybridized carbons (Fsp3) is 0.484. The van der Waals surface area contributed by atoms with Gasteiger partial charge in [-0.3, -0.25) is 33.8 Å². The van der Waals surface area contributed by atoms with Gasteiger partial charge >= 0.3 is 11.9 Å². The van der Waals surface area contributed by atoms with E-state index in [1.54, 1.807) is 30.5 Å². The molecule has 1 aliphatic heterocycles. The minimum absolute atomic E-state index is 0.0384. The van der Waals surface area contributed by atoms with Gasteiger partial charge in [-0.1, -0.05) is 18.2 Å². The van der Waals surface area contributed by atoms with Crippen LogP contribution in [0.3, 0.4) is 0 Å². The Kier molecular flexibility index (Phi) is 15.1. The molecule has 0 bridgehead atoms. The summed E-state index contributed by atoms with van der Waals surface area (Å²) in [7, 11) is 0. The Morgan fingerprint density at radius 3 is 2.25 bits per heavy atom. The Bertz CT molecular complexity index is 1600. The van der Waals surface area contributed by atoms with Crippen molar-refractivity contribution in [3.8, 4) is 0 Å². The first-order chi connectivity index (χ1) is 24.3. The monoisotopic (exact) mass is 716 g/mol. The smallest absolute Gasteiger partial charge is 0.326 e. The minimum Gasteiger partial charge on any atom is -0.481 e. The van der Waals surface area contributed by atoms with Gasteiger partial charge in [0, 0.05) is 30.1 Å². The van der Waals surface area contributed by atoms with E-state index in [0.29, 0.717) is 18.5 Å². The molecule has 3 rings (SSSR count). The van der Waals surface area contributed by atoms with Crippen LogP contribution in [0, 0.1) is 0 Å². The maximum absolute atomic E-state index is 13.1. The van der Waals surface area contributed by atoms with Crippen molar-refractivity contribution in [1.82, 2.24) is 36.9 Å². The second-order valence-electron chi connectivity index (χ2n) is 11.8. The molecule has 2 heterocycles. The number of hydrogen-bond donors (Lipinski definition) is 12. The van der Waals surface area contributed by atoms with Gasteiger partial charge in [-0.25, -0.2) is 4.79 Å². The molecule has 5 amide bonds. The number of benzene rings is 1. The molecule has 1 aromatic carbocycles. The van der Waals surface area contributed by atoms with E-state index >= 15 is 0 Å². The first kappa shape index (κ1) is 39.7. The van der Waals surface area contributed by atoms with Crippen LogP contribution in [-0.4, -0.2) is 124 Å². The Hall–Kier alpha value is -5.76. The Morgan fingerprint density at radius 1 is 0.902 bits per heavy atom.